The van der Waals surface area contributed by atoms with Crippen molar-refractivity contribution in [1.29, 1.82) is 10.5 Å². The quantitative estimate of drug-likeness (QED) is 0.134. The molecule has 6 nitrogen and oxygen atoms in total. The van der Waals surface area contributed by atoms with E-state index < -0.39 is 0 Å². The Morgan fingerprint density at radius 2 is 1.40 bits per heavy atom. The van der Waals surface area contributed by atoms with Crippen molar-refractivity contribution in [1.82, 2.24) is 8.75 Å². The summed E-state index contributed by atoms with van der Waals surface area (Å²) in [6.07, 6.45) is 1.74. The van der Waals surface area contributed by atoms with Crippen LogP contribution in [0.4, 0.5) is 17.1 Å². The molecule has 0 atom stereocenters. The van der Waals surface area contributed by atoms with Crippen LogP contribution < -0.4 is 4.90 Å². The zero-order valence-corrected chi connectivity index (χ0v) is 29.7. The molecule has 8 heteroatoms. The number of para-hydroxylation sites is 2. The number of rotatable bonds is 4. The van der Waals surface area contributed by atoms with Crippen molar-refractivity contribution in [3.63, 3.8) is 0 Å². The number of anilines is 3. The minimum Gasteiger partial charge on any atom is -0.310 e. The van der Waals surface area contributed by atoms with E-state index in [2.05, 4.69) is 102 Å². The third kappa shape index (κ3) is 4.77. The van der Waals surface area contributed by atoms with Gasteiger partial charge in [0.2, 0.25) is 0 Å². The molecular formula is C44H27N5OS2. The number of Topliss-reactive ketones (excluding diaryl/α,β-unsaturated/α-hetero) is 1. The van der Waals surface area contributed by atoms with Crippen LogP contribution in [-0.2, 0) is 5.41 Å². The third-order valence-electron chi connectivity index (χ3n) is 10.1. The van der Waals surface area contributed by atoms with Gasteiger partial charge in [-0.2, -0.15) is 19.3 Å². The molecule has 3 heterocycles. The highest BCUT2D eigenvalue weighted by Crippen LogP contribution is 2.53. The van der Waals surface area contributed by atoms with E-state index in [4.69, 9.17) is 4.37 Å². The Hall–Kier alpha value is -6.45. The van der Waals surface area contributed by atoms with Gasteiger partial charge in [0.1, 0.15) is 28.7 Å². The fourth-order valence-electron chi connectivity index (χ4n) is 7.55. The molecule has 0 bridgehead atoms. The molecule has 246 valence electrons. The zero-order valence-electron chi connectivity index (χ0n) is 28.1. The lowest BCUT2D eigenvalue weighted by Crippen LogP contribution is -2.30. The van der Waals surface area contributed by atoms with E-state index in [0.717, 1.165) is 43.8 Å². The number of carbonyl (C=O) groups is 1. The smallest absolute Gasteiger partial charge is 0.194 e. The maximum atomic E-state index is 13.6. The summed E-state index contributed by atoms with van der Waals surface area (Å²) in [5, 5.41) is 19.5. The largest absolute Gasteiger partial charge is 0.310 e. The summed E-state index contributed by atoms with van der Waals surface area (Å²) in [5.41, 5.74) is 11.7. The standard InChI is InChI=1S/C44H27N5OS2/c1-44(2)34-14-8-9-15-36(34)49(29-10-4-3-5-11-29)37-19-17-26(23-35(37)44)38-20-21-39(51-38)32-18-16-27(41-42(32)48-52-47-41)22-33-40(28(24-45)25-46)30-12-6-7-13-31(30)43(33)50/h3-23H,1-2H3/b33-22-. The molecule has 7 aromatic rings. The van der Waals surface area contributed by atoms with Gasteiger partial charge in [0.25, 0.3) is 0 Å². The molecule has 9 rings (SSSR count). The second-order valence-corrected chi connectivity index (χ2v) is 14.9. The van der Waals surface area contributed by atoms with Crippen molar-refractivity contribution in [3.05, 3.63) is 160 Å². The Bertz CT molecular complexity index is 2760. The van der Waals surface area contributed by atoms with Gasteiger partial charge in [-0.15, -0.1) is 11.3 Å². The molecule has 0 amide bonds. The van der Waals surface area contributed by atoms with Gasteiger partial charge >= 0.3 is 0 Å². The molecule has 0 saturated carbocycles. The molecule has 2 aromatic heterocycles. The van der Waals surface area contributed by atoms with E-state index in [1.807, 2.05) is 30.3 Å². The number of nitrogens with zero attached hydrogens (tertiary/aromatic N) is 5. The summed E-state index contributed by atoms with van der Waals surface area (Å²) in [6.45, 7) is 4.61. The SMILES string of the molecule is CC1(C)c2ccccc2N(c2ccccc2)c2ccc(-c3ccc(-c4ccc(/C=C5\C(=O)c6ccccc6C5=C(C#N)C#N)c5nsnc45)s3)cc21. The van der Waals surface area contributed by atoms with Gasteiger partial charge in [0.15, 0.2) is 5.78 Å². The normalized spacial score (nSPS) is 14.8. The van der Waals surface area contributed by atoms with E-state index in [9.17, 15) is 15.3 Å². The molecular weight excluding hydrogens is 679 g/mol. The van der Waals surface area contributed by atoms with Gasteiger partial charge in [0.05, 0.1) is 23.1 Å². The third-order valence-corrected chi connectivity index (χ3v) is 11.8. The number of allylic oxidation sites excluding steroid dienone is 3. The topological polar surface area (TPSA) is 93.7 Å². The lowest BCUT2D eigenvalue weighted by molar-refractivity contribution is 0.104. The summed E-state index contributed by atoms with van der Waals surface area (Å²) < 4.78 is 9.33. The molecule has 0 radical (unpaired) electrons. The Morgan fingerprint density at radius 1 is 0.712 bits per heavy atom. The van der Waals surface area contributed by atoms with Crippen LogP contribution >= 0.6 is 23.1 Å². The molecule has 2 aliphatic rings. The Labute approximate surface area is 308 Å². The van der Waals surface area contributed by atoms with Crippen LogP contribution in [0.3, 0.4) is 0 Å². The van der Waals surface area contributed by atoms with Gasteiger partial charge in [-0.1, -0.05) is 92.7 Å². The van der Waals surface area contributed by atoms with Gasteiger partial charge in [-0.3, -0.25) is 4.79 Å². The first-order chi connectivity index (χ1) is 25.4. The average molecular weight is 706 g/mol. The van der Waals surface area contributed by atoms with Crippen molar-refractivity contribution < 1.29 is 4.79 Å². The number of ketones is 1. The van der Waals surface area contributed by atoms with Gasteiger partial charge in [0, 0.05) is 48.7 Å². The van der Waals surface area contributed by atoms with Crippen LogP contribution in [0.25, 0.3) is 43.6 Å². The fraction of sp³-hybridized carbons (Fsp3) is 0.0682. The van der Waals surface area contributed by atoms with Crippen molar-refractivity contribution in [2.75, 3.05) is 4.90 Å². The maximum absolute atomic E-state index is 13.6. The summed E-state index contributed by atoms with van der Waals surface area (Å²) >= 11 is 2.82. The summed E-state index contributed by atoms with van der Waals surface area (Å²) in [4.78, 5) is 18.1. The molecule has 0 unspecified atom stereocenters. The minimum absolute atomic E-state index is 0.0949. The first-order valence-corrected chi connectivity index (χ1v) is 18.3. The molecule has 0 fully saturated rings. The van der Waals surface area contributed by atoms with Crippen molar-refractivity contribution in [2.45, 2.75) is 19.3 Å². The van der Waals surface area contributed by atoms with Gasteiger partial charge in [-0.25, -0.2) is 0 Å². The molecule has 1 aliphatic heterocycles. The van der Waals surface area contributed by atoms with E-state index in [1.54, 1.807) is 41.7 Å². The number of hydrogen-bond donors (Lipinski definition) is 0. The summed E-state index contributed by atoms with van der Waals surface area (Å²) in [6, 6.07) is 45.3. The molecule has 1 aliphatic carbocycles. The number of thiophene rings is 1. The summed E-state index contributed by atoms with van der Waals surface area (Å²) in [5.74, 6) is -0.222. The van der Waals surface area contributed by atoms with Gasteiger partial charge in [-0.05, 0) is 70.8 Å². The van der Waals surface area contributed by atoms with Crippen LogP contribution in [-0.4, -0.2) is 14.5 Å². The Morgan fingerprint density at radius 3 is 2.21 bits per heavy atom. The van der Waals surface area contributed by atoms with E-state index in [1.165, 1.54) is 22.5 Å². The van der Waals surface area contributed by atoms with Crippen LogP contribution in [0.5, 0.6) is 0 Å². The molecule has 0 saturated heterocycles. The minimum atomic E-state index is -0.222. The van der Waals surface area contributed by atoms with Crippen LogP contribution in [0.15, 0.2) is 132 Å². The Kier molecular flexibility index (Phi) is 7.34. The van der Waals surface area contributed by atoms with Crippen molar-refractivity contribution in [2.24, 2.45) is 0 Å². The van der Waals surface area contributed by atoms with Gasteiger partial charge < -0.3 is 4.90 Å². The average Bonchev–Trinajstić information content (AvgIpc) is 3.93. The number of fused-ring (bicyclic) bond motifs is 4. The predicted octanol–water partition coefficient (Wildman–Crippen LogP) is 11.3. The second-order valence-electron chi connectivity index (χ2n) is 13.3. The number of carbonyl (C=O) groups excluding carboxylic acids is 1. The highest BCUT2D eigenvalue weighted by Gasteiger charge is 2.37. The number of aromatic nitrogens is 2. The number of hydrogen-bond acceptors (Lipinski definition) is 8. The lowest BCUT2D eigenvalue weighted by Gasteiger charge is -2.42. The monoisotopic (exact) mass is 705 g/mol. The van der Waals surface area contributed by atoms with Crippen molar-refractivity contribution >= 4 is 68.6 Å². The second kappa shape index (κ2) is 12.1. The summed E-state index contributed by atoms with van der Waals surface area (Å²) in [7, 11) is 0. The predicted molar refractivity (Wildman–Crippen MR) is 210 cm³/mol. The van der Waals surface area contributed by atoms with E-state index >= 15 is 0 Å². The van der Waals surface area contributed by atoms with Crippen LogP contribution in [0.2, 0.25) is 0 Å². The van der Waals surface area contributed by atoms with Crippen molar-refractivity contribution in [3.8, 4) is 33.0 Å². The highest BCUT2D eigenvalue weighted by molar-refractivity contribution is 7.19. The van der Waals surface area contributed by atoms with E-state index in [-0.39, 0.29) is 16.8 Å². The lowest BCUT2D eigenvalue weighted by atomic mass is 9.73. The number of benzene rings is 5. The zero-order chi connectivity index (χ0) is 35.6. The van der Waals surface area contributed by atoms with Crippen LogP contribution in [0, 0.1) is 22.7 Å². The highest BCUT2D eigenvalue weighted by atomic mass is 32.1. The van der Waals surface area contributed by atoms with E-state index in [0.29, 0.717) is 33.4 Å². The molecule has 0 spiro atoms. The van der Waals surface area contributed by atoms with Crippen LogP contribution in [0.1, 0.15) is 46.5 Å². The number of nitriles is 2. The molecule has 0 N–H and O–H groups in total. The first-order valence-electron chi connectivity index (χ1n) is 16.7. The molecule has 5 aromatic carbocycles. The first kappa shape index (κ1) is 31.5. The Balaban J connectivity index is 1.11. The molecule has 52 heavy (non-hydrogen) atoms. The fourth-order valence-corrected chi connectivity index (χ4v) is 9.16. The maximum Gasteiger partial charge on any atom is 0.194 e.